The third kappa shape index (κ3) is 2.28. The van der Waals surface area contributed by atoms with E-state index in [-0.39, 0.29) is 11.5 Å². The van der Waals surface area contributed by atoms with Crippen LogP contribution in [-0.4, -0.2) is 14.5 Å². The highest BCUT2D eigenvalue weighted by atomic mass is 32.2. The maximum Gasteiger partial charge on any atom is 0.138 e. The van der Waals surface area contributed by atoms with Gasteiger partial charge in [0.2, 0.25) is 0 Å². The highest BCUT2D eigenvalue weighted by Crippen LogP contribution is 2.32. The number of aliphatic hydroxyl groups excluding tert-OH is 1. The molecule has 3 rings (SSSR count). The van der Waals surface area contributed by atoms with Gasteiger partial charge in [-0.1, -0.05) is 17.8 Å². The molecule has 6 heteroatoms. The fourth-order valence-corrected chi connectivity index (χ4v) is 2.88. The Balaban J connectivity index is 2.08. The van der Waals surface area contributed by atoms with Crippen molar-refractivity contribution in [2.75, 3.05) is 0 Å². The van der Waals surface area contributed by atoms with Crippen LogP contribution in [0.5, 0.6) is 0 Å². The van der Waals surface area contributed by atoms with E-state index in [1.807, 2.05) is 12.1 Å². The molecule has 0 fully saturated rings. The van der Waals surface area contributed by atoms with Gasteiger partial charge >= 0.3 is 0 Å². The predicted octanol–water partition coefficient (Wildman–Crippen LogP) is 3.26. The second-order valence-corrected chi connectivity index (χ2v) is 5.16. The second-order valence-electron chi connectivity index (χ2n) is 4.13. The monoisotopic (exact) mass is 292 g/mol. The second kappa shape index (κ2) is 5.22. The first-order valence-corrected chi connectivity index (χ1v) is 6.70. The van der Waals surface area contributed by atoms with Crippen LogP contribution in [0.1, 0.15) is 5.69 Å². The van der Waals surface area contributed by atoms with E-state index in [0.29, 0.717) is 16.4 Å². The van der Waals surface area contributed by atoms with Crippen molar-refractivity contribution >= 4 is 17.4 Å². The SMILES string of the molecule is OCc1c(Sc2cc(F)ccc2F)nc2ccccn12. The highest BCUT2D eigenvalue weighted by Gasteiger charge is 2.14. The van der Waals surface area contributed by atoms with Gasteiger partial charge in [-0.15, -0.1) is 0 Å². The Morgan fingerprint density at radius 1 is 1.20 bits per heavy atom. The summed E-state index contributed by atoms with van der Waals surface area (Å²) in [6.07, 6.45) is 1.76. The molecule has 0 radical (unpaired) electrons. The Morgan fingerprint density at radius 2 is 2.05 bits per heavy atom. The molecule has 0 aliphatic heterocycles. The average Bonchev–Trinajstić information content (AvgIpc) is 2.80. The molecule has 0 bridgehead atoms. The fourth-order valence-electron chi connectivity index (χ4n) is 1.91. The molecule has 0 aliphatic rings. The molecule has 0 atom stereocenters. The van der Waals surface area contributed by atoms with Crippen molar-refractivity contribution in [2.24, 2.45) is 0 Å². The molecule has 0 spiro atoms. The summed E-state index contributed by atoms with van der Waals surface area (Å²) in [5.41, 5.74) is 1.20. The van der Waals surface area contributed by atoms with Crippen LogP contribution in [0.2, 0.25) is 0 Å². The van der Waals surface area contributed by atoms with Crippen molar-refractivity contribution in [1.29, 1.82) is 0 Å². The topological polar surface area (TPSA) is 37.5 Å². The van der Waals surface area contributed by atoms with Crippen LogP contribution in [0.25, 0.3) is 5.65 Å². The Morgan fingerprint density at radius 3 is 2.85 bits per heavy atom. The van der Waals surface area contributed by atoms with E-state index in [2.05, 4.69) is 4.98 Å². The smallest absolute Gasteiger partial charge is 0.138 e. The van der Waals surface area contributed by atoms with Crippen molar-refractivity contribution in [3.63, 3.8) is 0 Å². The van der Waals surface area contributed by atoms with Crippen molar-refractivity contribution in [2.45, 2.75) is 16.5 Å². The number of hydrogen-bond donors (Lipinski definition) is 1. The molecule has 2 heterocycles. The lowest BCUT2D eigenvalue weighted by molar-refractivity contribution is 0.272. The van der Waals surface area contributed by atoms with Crippen LogP contribution < -0.4 is 0 Å². The first-order chi connectivity index (χ1) is 9.69. The standard InChI is InChI=1S/C14H10F2N2OS/c15-9-4-5-10(16)12(7-9)20-14-11(8-19)18-6-2-1-3-13(18)17-14/h1-7,19H,8H2. The predicted molar refractivity (Wildman–Crippen MR) is 71.6 cm³/mol. The van der Waals surface area contributed by atoms with E-state index in [1.54, 1.807) is 16.7 Å². The van der Waals surface area contributed by atoms with E-state index >= 15 is 0 Å². The number of pyridine rings is 1. The van der Waals surface area contributed by atoms with Gasteiger partial charge in [0.1, 0.15) is 22.3 Å². The molecule has 0 amide bonds. The molecule has 3 aromatic rings. The van der Waals surface area contributed by atoms with E-state index in [9.17, 15) is 13.9 Å². The molecule has 0 saturated carbocycles. The lowest BCUT2D eigenvalue weighted by Crippen LogP contribution is -1.93. The molecular weight excluding hydrogens is 282 g/mol. The number of rotatable bonds is 3. The van der Waals surface area contributed by atoms with Crippen LogP contribution in [-0.2, 0) is 6.61 Å². The lowest BCUT2D eigenvalue weighted by Gasteiger charge is -2.03. The van der Waals surface area contributed by atoms with Gasteiger partial charge in [-0.05, 0) is 30.3 Å². The maximum atomic E-state index is 13.7. The first kappa shape index (κ1) is 13.1. The largest absolute Gasteiger partial charge is 0.390 e. The number of nitrogens with zero attached hydrogens (tertiary/aromatic N) is 2. The first-order valence-electron chi connectivity index (χ1n) is 5.89. The number of benzene rings is 1. The number of aliphatic hydroxyl groups is 1. The third-order valence-electron chi connectivity index (χ3n) is 2.84. The summed E-state index contributed by atoms with van der Waals surface area (Å²) in [6, 6.07) is 8.67. The van der Waals surface area contributed by atoms with Crippen molar-refractivity contribution in [1.82, 2.24) is 9.38 Å². The van der Waals surface area contributed by atoms with Gasteiger partial charge in [0.15, 0.2) is 0 Å². The molecular formula is C14H10F2N2OS. The Labute approximate surface area is 117 Å². The van der Waals surface area contributed by atoms with Gasteiger partial charge in [-0.2, -0.15) is 0 Å². The summed E-state index contributed by atoms with van der Waals surface area (Å²) in [7, 11) is 0. The molecule has 1 aromatic carbocycles. The van der Waals surface area contributed by atoms with Crippen LogP contribution in [0.3, 0.4) is 0 Å². The molecule has 2 aromatic heterocycles. The van der Waals surface area contributed by atoms with Gasteiger partial charge in [-0.3, -0.25) is 0 Å². The molecule has 102 valence electrons. The summed E-state index contributed by atoms with van der Waals surface area (Å²) in [4.78, 5) is 4.47. The Kier molecular flexibility index (Phi) is 3.42. The van der Waals surface area contributed by atoms with Crippen LogP contribution in [0.4, 0.5) is 8.78 Å². The van der Waals surface area contributed by atoms with Crippen molar-refractivity contribution < 1.29 is 13.9 Å². The van der Waals surface area contributed by atoms with E-state index < -0.39 is 11.6 Å². The van der Waals surface area contributed by atoms with Crippen molar-refractivity contribution in [3.05, 3.63) is 59.9 Å². The normalized spacial score (nSPS) is 11.2. The van der Waals surface area contributed by atoms with Crippen molar-refractivity contribution in [3.8, 4) is 0 Å². The van der Waals surface area contributed by atoms with Crippen LogP contribution in [0, 0.1) is 11.6 Å². The summed E-state index contributed by atoms with van der Waals surface area (Å²) in [5, 5.41) is 9.93. The maximum absolute atomic E-state index is 13.7. The summed E-state index contributed by atoms with van der Waals surface area (Å²) in [5.74, 6) is -1.03. The number of halogens is 2. The zero-order valence-electron chi connectivity index (χ0n) is 10.3. The molecule has 3 nitrogen and oxygen atoms in total. The summed E-state index contributed by atoms with van der Waals surface area (Å²) < 4.78 is 28.6. The molecule has 0 unspecified atom stereocenters. The van der Waals surface area contributed by atoms with Crippen LogP contribution in [0.15, 0.2) is 52.5 Å². The molecule has 0 aliphatic carbocycles. The van der Waals surface area contributed by atoms with E-state index in [1.165, 1.54) is 0 Å². The van der Waals surface area contributed by atoms with Gasteiger partial charge in [0.25, 0.3) is 0 Å². The zero-order valence-corrected chi connectivity index (χ0v) is 11.1. The zero-order chi connectivity index (χ0) is 14.1. The molecule has 20 heavy (non-hydrogen) atoms. The molecule has 0 saturated heterocycles. The Bertz CT molecular complexity index is 773. The highest BCUT2D eigenvalue weighted by molar-refractivity contribution is 7.99. The van der Waals surface area contributed by atoms with Gasteiger partial charge in [-0.25, -0.2) is 13.8 Å². The number of fused-ring (bicyclic) bond motifs is 1. The number of aromatic nitrogens is 2. The van der Waals surface area contributed by atoms with Crippen LogP contribution >= 0.6 is 11.8 Å². The minimum absolute atomic E-state index is 0.142. The Hall–Kier alpha value is -1.92. The number of imidazole rings is 1. The number of hydrogen-bond acceptors (Lipinski definition) is 3. The van der Waals surface area contributed by atoms with E-state index in [0.717, 1.165) is 30.0 Å². The molecule has 1 N–H and O–H groups in total. The summed E-state index contributed by atoms with van der Waals surface area (Å²) >= 11 is 0.998. The van der Waals surface area contributed by atoms with E-state index in [4.69, 9.17) is 0 Å². The van der Waals surface area contributed by atoms with Gasteiger partial charge in [0, 0.05) is 6.20 Å². The van der Waals surface area contributed by atoms with Gasteiger partial charge in [0.05, 0.1) is 17.2 Å². The quantitative estimate of drug-likeness (QED) is 0.805. The van der Waals surface area contributed by atoms with Gasteiger partial charge < -0.3 is 9.51 Å². The fraction of sp³-hybridized carbons (Fsp3) is 0.0714. The average molecular weight is 292 g/mol. The minimum Gasteiger partial charge on any atom is -0.390 e. The minimum atomic E-state index is -0.516. The lowest BCUT2D eigenvalue weighted by atomic mass is 10.3. The summed E-state index contributed by atoms with van der Waals surface area (Å²) in [6.45, 7) is -0.232. The third-order valence-corrected chi connectivity index (χ3v) is 3.89.